The number of methoxy groups -OCH3 is 1. The largest absolute Gasteiger partial charge is 0.495 e. The van der Waals surface area contributed by atoms with E-state index in [-0.39, 0.29) is 12.3 Å². The molecule has 2 heterocycles. The minimum Gasteiger partial charge on any atom is -0.495 e. The summed E-state index contributed by atoms with van der Waals surface area (Å²) in [6.45, 7) is 3.07. The van der Waals surface area contributed by atoms with E-state index < -0.39 is 0 Å². The molecule has 0 unspecified atom stereocenters. The first-order chi connectivity index (χ1) is 13.6. The van der Waals surface area contributed by atoms with Crippen molar-refractivity contribution in [1.82, 2.24) is 4.98 Å². The number of rotatable bonds is 5. The van der Waals surface area contributed by atoms with Crippen LogP contribution in [0.15, 0.2) is 42.6 Å². The minimum absolute atomic E-state index is 0.113. The van der Waals surface area contributed by atoms with Gasteiger partial charge in [0.1, 0.15) is 5.75 Å². The summed E-state index contributed by atoms with van der Waals surface area (Å²) in [4.78, 5) is 18.1. The van der Waals surface area contributed by atoms with Crippen LogP contribution in [0, 0.1) is 0 Å². The van der Waals surface area contributed by atoms with Gasteiger partial charge in [0.25, 0.3) is 0 Å². The van der Waals surface area contributed by atoms with Gasteiger partial charge in [0, 0.05) is 40.9 Å². The molecule has 1 amide bonds. The molecule has 0 radical (unpaired) electrons. The molecule has 0 bridgehead atoms. The maximum atomic E-state index is 12.7. The fourth-order valence-corrected chi connectivity index (χ4v) is 3.65. The number of nitrogens with zero attached hydrogens (tertiary/aromatic N) is 1. The number of H-pyrrole nitrogens is 1. The van der Waals surface area contributed by atoms with Crippen LogP contribution in [0.4, 0.5) is 11.4 Å². The fraction of sp³-hybridized carbons (Fsp3) is 0.286. The van der Waals surface area contributed by atoms with E-state index in [9.17, 15) is 4.79 Å². The number of benzene rings is 2. The first-order valence-corrected chi connectivity index (χ1v) is 9.58. The van der Waals surface area contributed by atoms with E-state index in [1.54, 1.807) is 7.11 Å². The lowest BCUT2D eigenvalue weighted by Crippen LogP contribution is -2.36. The highest BCUT2D eigenvalue weighted by Gasteiger charge is 2.16. The summed E-state index contributed by atoms with van der Waals surface area (Å²) in [6, 6.07) is 11.4. The number of aromatic amines is 1. The molecule has 3 aromatic rings. The summed E-state index contributed by atoms with van der Waals surface area (Å²) >= 11 is 6.10. The fourth-order valence-electron chi connectivity index (χ4n) is 3.48. The highest BCUT2D eigenvalue weighted by atomic mass is 35.5. The summed E-state index contributed by atoms with van der Waals surface area (Å²) in [7, 11) is 1.60. The molecule has 1 aliphatic heterocycles. The summed E-state index contributed by atoms with van der Waals surface area (Å²) in [5.74, 6) is 0.519. The van der Waals surface area contributed by atoms with Crippen LogP contribution in [0.25, 0.3) is 10.9 Å². The monoisotopic (exact) mass is 399 g/mol. The normalized spacial score (nSPS) is 14.3. The Morgan fingerprint density at radius 3 is 2.86 bits per heavy atom. The van der Waals surface area contributed by atoms with E-state index in [1.165, 1.54) is 0 Å². The Balaban J connectivity index is 1.53. The van der Waals surface area contributed by atoms with Gasteiger partial charge in [-0.25, -0.2) is 0 Å². The number of fused-ring (bicyclic) bond motifs is 1. The Labute approximate surface area is 168 Å². The van der Waals surface area contributed by atoms with E-state index in [4.69, 9.17) is 21.1 Å². The zero-order chi connectivity index (χ0) is 19.5. The third-order valence-electron chi connectivity index (χ3n) is 4.91. The van der Waals surface area contributed by atoms with Gasteiger partial charge in [0.05, 0.1) is 32.4 Å². The van der Waals surface area contributed by atoms with E-state index in [0.29, 0.717) is 29.7 Å². The Bertz CT molecular complexity index is 996. The lowest BCUT2D eigenvalue weighted by Gasteiger charge is -2.29. The minimum atomic E-state index is -0.113. The number of carbonyl (C=O) groups excluding carboxylic acids is 1. The second kappa shape index (κ2) is 8.12. The lowest BCUT2D eigenvalue weighted by molar-refractivity contribution is -0.115. The quantitative estimate of drug-likeness (QED) is 0.684. The first-order valence-electron chi connectivity index (χ1n) is 9.20. The number of carbonyl (C=O) groups is 1. The summed E-state index contributed by atoms with van der Waals surface area (Å²) < 4.78 is 10.8. The average Bonchev–Trinajstić information content (AvgIpc) is 3.10. The van der Waals surface area contributed by atoms with Crippen LogP contribution in [0.1, 0.15) is 5.56 Å². The van der Waals surface area contributed by atoms with Gasteiger partial charge in [-0.15, -0.1) is 0 Å². The predicted molar refractivity (Wildman–Crippen MR) is 112 cm³/mol. The van der Waals surface area contributed by atoms with Gasteiger partial charge in [-0.2, -0.15) is 0 Å². The van der Waals surface area contributed by atoms with Gasteiger partial charge in [-0.05, 0) is 42.0 Å². The molecule has 0 atom stereocenters. The third kappa shape index (κ3) is 3.93. The zero-order valence-corrected chi connectivity index (χ0v) is 16.4. The Morgan fingerprint density at radius 2 is 2.07 bits per heavy atom. The van der Waals surface area contributed by atoms with E-state index in [2.05, 4.69) is 15.2 Å². The maximum Gasteiger partial charge on any atom is 0.228 e. The highest BCUT2D eigenvalue weighted by Crippen LogP contribution is 2.30. The van der Waals surface area contributed by atoms with Crippen molar-refractivity contribution in [2.45, 2.75) is 6.42 Å². The van der Waals surface area contributed by atoms with Crippen LogP contribution in [-0.2, 0) is 16.0 Å². The third-order valence-corrected chi connectivity index (χ3v) is 5.15. The smallest absolute Gasteiger partial charge is 0.228 e. The number of nitrogens with one attached hydrogen (secondary N) is 2. The standard InChI is InChI=1S/C21H22ClN3O3/c1-27-20-5-3-16(25-6-8-28-9-7-25)12-19(20)24-21(26)10-14-13-23-18-4-2-15(22)11-17(14)18/h2-5,11-13,23H,6-10H2,1H3,(H,24,26). The van der Waals surface area contributed by atoms with Crippen LogP contribution < -0.4 is 15.0 Å². The number of hydrogen-bond acceptors (Lipinski definition) is 4. The van der Waals surface area contributed by atoms with Crippen molar-refractivity contribution in [3.05, 3.63) is 53.2 Å². The molecule has 0 spiro atoms. The predicted octanol–water partition coefficient (Wildman–Crippen LogP) is 3.85. The molecule has 1 aliphatic rings. The molecule has 1 fully saturated rings. The molecule has 28 heavy (non-hydrogen) atoms. The molecular weight excluding hydrogens is 378 g/mol. The first kappa shape index (κ1) is 18.7. The van der Waals surface area contributed by atoms with Crippen molar-refractivity contribution in [3.63, 3.8) is 0 Å². The molecule has 7 heteroatoms. The number of aromatic nitrogens is 1. The Kier molecular flexibility index (Phi) is 5.41. The second-order valence-electron chi connectivity index (χ2n) is 6.71. The molecule has 2 aromatic carbocycles. The molecule has 146 valence electrons. The van der Waals surface area contributed by atoms with Gasteiger partial charge >= 0.3 is 0 Å². The van der Waals surface area contributed by atoms with Crippen molar-refractivity contribution < 1.29 is 14.3 Å². The van der Waals surface area contributed by atoms with Gasteiger partial charge in [-0.3, -0.25) is 4.79 Å². The van der Waals surface area contributed by atoms with Gasteiger partial charge < -0.3 is 24.7 Å². The molecule has 2 N–H and O–H groups in total. The summed E-state index contributed by atoms with van der Waals surface area (Å²) in [5, 5.41) is 4.59. The van der Waals surface area contributed by atoms with Crippen molar-refractivity contribution in [1.29, 1.82) is 0 Å². The molecule has 0 aliphatic carbocycles. The Hall–Kier alpha value is -2.70. The van der Waals surface area contributed by atoms with Gasteiger partial charge in [0.15, 0.2) is 0 Å². The molecule has 6 nitrogen and oxygen atoms in total. The number of amides is 1. The van der Waals surface area contributed by atoms with Gasteiger partial charge in [-0.1, -0.05) is 11.6 Å². The number of halogens is 1. The lowest BCUT2D eigenvalue weighted by atomic mass is 10.1. The molecule has 1 aromatic heterocycles. The highest BCUT2D eigenvalue weighted by molar-refractivity contribution is 6.31. The molecule has 4 rings (SSSR count). The van der Waals surface area contributed by atoms with Crippen LogP contribution in [0.3, 0.4) is 0 Å². The van der Waals surface area contributed by atoms with Crippen LogP contribution in [0.5, 0.6) is 5.75 Å². The Morgan fingerprint density at radius 1 is 1.25 bits per heavy atom. The van der Waals surface area contributed by atoms with Crippen molar-refractivity contribution >= 4 is 39.8 Å². The second-order valence-corrected chi connectivity index (χ2v) is 7.15. The zero-order valence-electron chi connectivity index (χ0n) is 15.6. The summed E-state index contributed by atoms with van der Waals surface area (Å²) in [6.07, 6.45) is 2.09. The number of morpholine rings is 1. The van der Waals surface area contributed by atoms with Crippen molar-refractivity contribution in [2.75, 3.05) is 43.6 Å². The van der Waals surface area contributed by atoms with Crippen LogP contribution in [-0.4, -0.2) is 44.3 Å². The van der Waals surface area contributed by atoms with Gasteiger partial charge in [0.2, 0.25) is 5.91 Å². The number of ether oxygens (including phenoxy) is 2. The van der Waals surface area contributed by atoms with Crippen molar-refractivity contribution in [3.8, 4) is 5.75 Å². The number of hydrogen-bond donors (Lipinski definition) is 2. The number of anilines is 2. The van der Waals surface area contributed by atoms with Crippen LogP contribution in [0.2, 0.25) is 5.02 Å². The molecule has 0 saturated carbocycles. The van der Waals surface area contributed by atoms with Crippen molar-refractivity contribution in [2.24, 2.45) is 0 Å². The van der Waals surface area contributed by atoms with E-state index in [0.717, 1.165) is 35.2 Å². The summed E-state index contributed by atoms with van der Waals surface area (Å²) in [5.41, 5.74) is 3.56. The molecular formula is C21H22ClN3O3. The SMILES string of the molecule is COc1ccc(N2CCOCC2)cc1NC(=O)Cc1c[nH]c2ccc(Cl)cc12. The van der Waals surface area contributed by atoms with E-state index >= 15 is 0 Å². The maximum absolute atomic E-state index is 12.7. The topological polar surface area (TPSA) is 66.6 Å². The van der Waals surface area contributed by atoms with Crippen LogP contribution >= 0.6 is 11.6 Å². The van der Waals surface area contributed by atoms with E-state index in [1.807, 2.05) is 42.6 Å². The average molecular weight is 400 g/mol. The molecule has 1 saturated heterocycles.